The van der Waals surface area contributed by atoms with Gasteiger partial charge in [-0.05, 0) is 25.0 Å². The molecule has 1 aromatic carbocycles. The van der Waals surface area contributed by atoms with Crippen molar-refractivity contribution in [2.75, 3.05) is 5.75 Å². The fourth-order valence-electron chi connectivity index (χ4n) is 3.47. The van der Waals surface area contributed by atoms with Crippen molar-refractivity contribution in [3.05, 3.63) is 54.1 Å². The van der Waals surface area contributed by atoms with E-state index in [-0.39, 0.29) is 5.75 Å². The molecule has 9 heteroatoms. The minimum absolute atomic E-state index is 0.0791. The normalized spacial score (nSPS) is 15.2. The van der Waals surface area contributed by atoms with E-state index in [2.05, 4.69) is 20.4 Å². The first-order valence-corrected chi connectivity index (χ1v) is 10.6. The number of hydrogen-bond donors (Lipinski definition) is 1. The lowest BCUT2D eigenvalue weighted by atomic mass is 9.89. The molecule has 150 valence electrons. The molecule has 1 fully saturated rings. The first kappa shape index (κ1) is 19.4. The van der Waals surface area contributed by atoms with Gasteiger partial charge in [0.25, 0.3) is 0 Å². The highest BCUT2D eigenvalue weighted by atomic mass is 32.2. The highest BCUT2D eigenvalue weighted by molar-refractivity contribution is 7.99. The van der Waals surface area contributed by atoms with E-state index in [9.17, 15) is 4.79 Å². The number of rotatable bonds is 7. The van der Waals surface area contributed by atoms with Gasteiger partial charge in [0.15, 0.2) is 5.82 Å². The summed E-state index contributed by atoms with van der Waals surface area (Å²) in [5.41, 5.74) is 1.81. The lowest BCUT2D eigenvalue weighted by Crippen LogP contribution is -2.11. The third-order valence-electron chi connectivity index (χ3n) is 4.88. The van der Waals surface area contributed by atoms with Gasteiger partial charge in [-0.1, -0.05) is 49.2 Å². The zero-order valence-electron chi connectivity index (χ0n) is 15.9. The Morgan fingerprint density at radius 2 is 2.00 bits per heavy atom. The van der Waals surface area contributed by atoms with Gasteiger partial charge in [-0.25, -0.2) is 4.68 Å². The number of carbonyl (C=O) groups is 1. The van der Waals surface area contributed by atoms with Crippen LogP contribution in [0, 0.1) is 0 Å². The Labute approximate surface area is 172 Å². The summed E-state index contributed by atoms with van der Waals surface area (Å²) in [4.78, 5) is 11.0. The van der Waals surface area contributed by atoms with Gasteiger partial charge in [-0.3, -0.25) is 4.79 Å². The molecule has 1 saturated carbocycles. The third kappa shape index (κ3) is 4.73. The number of nitrogens with zero attached hydrogens (tertiary/aromatic N) is 6. The summed E-state index contributed by atoms with van der Waals surface area (Å²) in [5.74, 6) is 0.144. The van der Waals surface area contributed by atoms with Crippen LogP contribution in [0.5, 0.6) is 0 Å². The largest absolute Gasteiger partial charge is 0.481 e. The van der Waals surface area contributed by atoms with Crippen molar-refractivity contribution in [3.8, 4) is 5.69 Å². The van der Waals surface area contributed by atoms with E-state index >= 15 is 0 Å². The van der Waals surface area contributed by atoms with Crippen LogP contribution in [0.25, 0.3) is 5.69 Å². The van der Waals surface area contributed by atoms with E-state index in [0.717, 1.165) is 41.7 Å². The summed E-state index contributed by atoms with van der Waals surface area (Å²) in [6.07, 6.45) is 11.1. The van der Waals surface area contributed by atoms with Crippen LogP contribution in [0.4, 0.5) is 0 Å². The second kappa shape index (κ2) is 9.04. The van der Waals surface area contributed by atoms with Crippen molar-refractivity contribution in [3.63, 3.8) is 0 Å². The molecule has 0 radical (unpaired) electrons. The molecule has 0 atom stereocenters. The van der Waals surface area contributed by atoms with Crippen molar-refractivity contribution >= 4 is 23.9 Å². The van der Waals surface area contributed by atoms with E-state index in [1.807, 2.05) is 36.5 Å². The van der Waals surface area contributed by atoms with Gasteiger partial charge >= 0.3 is 5.97 Å². The van der Waals surface area contributed by atoms with E-state index in [1.165, 1.54) is 19.3 Å². The number of carboxylic acids is 1. The van der Waals surface area contributed by atoms with E-state index in [1.54, 1.807) is 21.8 Å². The molecule has 29 heavy (non-hydrogen) atoms. The molecule has 0 spiro atoms. The van der Waals surface area contributed by atoms with Gasteiger partial charge in [-0.15, -0.1) is 10.2 Å². The Morgan fingerprint density at radius 1 is 1.21 bits per heavy atom. The van der Waals surface area contributed by atoms with Crippen molar-refractivity contribution in [2.24, 2.45) is 5.10 Å². The Balaban J connectivity index is 1.59. The lowest BCUT2D eigenvalue weighted by molar-refractivity contribution is -0.133. The van der Waals surface area contributed by atoms with Crippen LogP contribution in [0.2, 0.25) is 0 Å². The number of aromatic nitrogens is 5. The Bertz CT molecular complexity index is 992. The summed E-state index contributed by atoms with van der Waals surface area (Å²) < 4.78 is 3.49. The van der Waals surface area contributed by atoms with Gasteiger partial charge in [0.05, 0.1) is 23.9 Å². The molecule has 1 N–H and O–H groups in total. The topological polar surface area (TPSA) is 98.2 Å². The maximum Gasteiger partial charge on any atom is 0.313 e. The Kier molecular flexibility index (Phi) is 6.04. The fourth-order valence-corrected chi connectivity index (χ4v) is 4.08. The Morgan fingerprint density at radius 3 is 2.76 bits per heavy atom. The second-order valence-electron chi connectivity index (χ2n) is 6.97. The molecule has 4 rings (SSSR count). The molecule has 0 saturated heterocycles. The number of carboxylic acid groups (broad SMARTS) is 1. The van der Waals surface area contributed by atoms with E-state index in [4.69, 9.17) is 5.11 Å². The summed E-state index contributed by atoms with van der Waals surface area (Å²) in [6, 6.07) is 9.85. The standard InChI is InChI=1S/C20H22N6O2S/c27-18(28)14-29-20-24-23-19(16-7-3-1-4-8-16)26(20)22-12-15-11-21-25(13-15)17-9-5-2-6-10-17/h2,5-6,9-13,16H,1,3-4,7-8,14H2,(H,27,28)/b22-12-. The van der Waals surface area contributed by atoms with Crippen LogP contribution in [0.3, 0.4) is 0 Å². The maximum atomic E-state index is 11.0. The summed E-state index contributed by atoms with van der Waals surface area (Å²) in [6.45, 7) is 0. The monoisotopic (exact) mass is 410 g/mol. The van der Waals surface area contributed by atoms with Crippen molar-refractivity contribution in [1.29, 1.82) is 0 Å². The number of thioether (sulfide) groups is 1. The van der Waals surface area contributed by atoms with Crippen LogP contribution in [-0.2, 0) is 4.79 Å². The molecule has 8 nitrogen and oxygen atoms in total. The SMILES string of the molecule is O=C(O)CSc1nnc(C2CCCCC2)n1/N=C\c1cnn(-c2ccccc2)c1. The predicted molar refractivity (Wildman–Crippen MR) is 111 cm³/mol. The maximum absolute atomic E-state index is 11.0. The zero-order chi connectivity index (χ0) is 20.1. The van der Waals surface area contributed by atoms with Crippen LogP contribution in [-0.4, -0.2) is 47.7 Å². The molecule has 0 aliphatic heterocycles. The van der Waals surface area contributed by atoms with Crippen LogP contribution >= 0.6 is 11.8 Å². The molecule has 0 unspecified atom stereocenters. The van der Waals surface area contributed by atoms with E-state index < -0.39 is 5.97 Å². The highest BCUT2D eigenvalue weighted by Crippen LogP contribution is 2.33. The fraction of sp³-hybridized carbons (Fsp3) is 0.350. The first-order valence-electron chi connectivity index (χ1n) is 9.65. The van der Waals surface area contributed by atoms with Crippen molar-refractivity contribution in [1.82, 2.24) is 24.7 Å². The van der Waals surface area contributed by atoms with Gasteiger partial charge in [0.1, 0.15) is 0 Å². The van der Waals surface area contributed by atoms with Crippen molar-refractivity contribution < 1.29 is 9.90 Å². The first-order chi connectivity index (χ1) is 14.2. The summed E-state index contributed by atoms with van der Waals surface area (Å²) in [7, 11) is 0. The summed E-state index contributed by atoms with van der Waals surface area (Å²) >= 11 is 1.13. The minimum Gasteiger partial charge on any atom is -0.481 e. The smallest absolute Gasteiger partial charge is 0.313 e. The van der Waals surface area contributed by atoms with Gasteiger partial charge < -0.3 is 5.11 Å². The average molecular weight is 411 g/mol. The van der Waals surface area contributed by atoms with Crippen LogP contribution < -0.4 is 0 Å². The molecular weight excluding hydrogens is 388 g/mol. The third-order valence-corrected chi connectivity index (χ3v) is 5.78. The predicted octanol–water partition coefficient (Wildman–Crippen LogP) is 3.57. The minimum atomic E-state index is -0.892. The number of hydrogen-bond acceptors (Lipinski definition) is 6. The molecule has 0 bridgehead atoms. The lowest BCUT2D eigenvalue weighted by Gasteiger charge is -2.20. The Hall–Kier alpha value is -2.94. The second-order valence-corrected chi connectivity index (χ2v) is 7.91. The average Bonchev–Trinajstić information content (AvgIpc) is 3.39. The quantitative estimate of drug-likeness (QED) is 0.472. The molecule has 1 aliphatic carbocycles. The van der Waals surface area contributed by atoms with E-state index in [0.29, 0.717) is 11.1 Å². The molecule has 1 aliphatic rings. The van der Waals surface area contributed by atoms with Gasteiger partial charge in [0.2, 0.25) is 5.16 Å². The van der Waals surface area contributed by atoms with Gasteiger partial charge in [0, 0.05) is 17.7 Å². The molecule has 3 aromatic rings. The summed E-state index contributed by atoms with van der Waals surface area (Å²) in [5, 5.41) is 27.0. The van der Waals surface area contributed by atoms with Crippen LogP contribution in [0.1, 0.15) is 49.4 Å². The highest BCUT2D eigenvalue weighted by Gasteiger charge is 2.23. The molecule has 0 amide bonds. The number of para-hydroxylation sites is 1. The molecular formula is C20H22N6O2S. The molecule has 2 aromatic heterocycles. The zero-order valence-corrected chi connectivity index (χ0v) is 16.7. The number of benzene rings is 1. The molecule has 2 heterocycles. The number of aliphatic carboxylic acids is 1. The van der Waals surface area contributed by atoms with Crippen LogP contribution in [0.15, 0.2) is 53.0 Å². The van der Waals surface area contributed by atoms with Gasteiger partial charge in [-0.2, -0.15) is 14.9 Å². The van der Waals surface area contributed by atoms with Crippen molar-refractivity contribution in [2.45, 2.75) is 43.2 Å².